The minimum atomic E-state index is -4.63. The molecule has 0 aromatic carbocycles. The highest BCUT2D eigenvalue weighted by Crippen LogP contribution is 2.16. The SMILES string of the molecule is CCCCCC(C)NC(=O)N(CC(=O)O)CC(F)(F)F. The van der Waals surface area contributed by atoms with Crippen molar-refractivity contribution in [3.8, 4) is 0 Å². The molecule has 20 heavy (non-hydrogen) atoms. The van der Waals surface area contributed by atoms with Gasteiger partial charge < -0.3 is 15.3 Å². The third-order valence-corrected chi connectivity index (χ3v) is 2.59. The highest BCUT2D eigenvalue weighted by Gasteiger charge is 2.34. The molecule has 0 saturated heterocycles. The molecule has 0 aliphatic rings. The summed E-state index contributed by atoms with van der Waals surface area (Å²) in [5.74, 6) is -1.48. The van der Waals surface area contributed by atoms with E-state index in [4.69, 9.17) is 5.11 Å². The Labute approximate surface area is 116 Å². The van der Waals surface area contributed by atoms with E-state index in [0.29, 0.717) is 6.42 Å². The minimum Gasteiger partial charge on any atom is -0.480 e. The van der Waals surface area contributed by atoms with E-state index < -0.39 is 31.3 Å². The van der Waals surface area contributed by atoms with Crippen LogP contribution in [0.4, 0.5) is 18.0 Å². The fourth-order valence-electron chi connectivity index (χ4n) is 1.65. The third kappa shape index (κ3) is 9.46. The molecule has 2 N–H and O–H groups in total. The van der Waals surface area contributed by atoms with Crippen molar-refractivity contribution < 1.29 is 27.9 Å². The van der Waals surface area contributed by atoms with Gasteiger partial charge in [-0.05, 0) is 13.3 Å². The predicted molar refractivity (Wildman–Crippen MR) is 67.4 cm³/mol. The predicted octanol–water partition coefficient (Wildman–Crippen LogP) is 2.61. The van der Waals surface area contributed by atoms with E-state index in [0.717, 1.165) is 19.3 Å². The van der Waals surface area contributed by atoms with Gasteiger partial charge in [-0.2, -0.15) is 13.2 Å². The zero-order valence-electron chi connectivity index (χ0n) is 11.7. The number of aliphatic carboxylic acids is 1. The van der Waals surface area contributed by atoms with Crippen molar-refractivity contribution in [2.45, 2.75) is 51.7 Å². The summed E-state index contributed by atoms with van der Waals surface area (Å²) in [5.41, 5.74) is 0. The maximum absolute atomic E-state index is 12.3. The van der Waals surface area contributed by atoms with Crippen LogP contribution in [0, 0.1) is 0 Å². The number of hydrogen-bond donors (Lipinski definition) is 2. The van der Waals surface area contributed by atoms with Gasteiger partial charge in [-0.1, -0.05) is 26.2 Å². The molecule has 0 aliphatic carbocycles. The second kappa shape index (κ2) is 8.65. The van der Waals surface area contributed by atoms with E-state index in [1.807, 2.05) is 6.92 Å². The standard InChI is InChI=1S/C12H21F3N2O3/c1-3-4-5-6-9(2)16-11(20)17(7-10(18)19)8-12(13,14)15/h9H,3-8H2,1-2H3,(H,16,20)(H,18,19). The monoisotopic (exact) mass is 298 g/mol. The quantitative estimate of drug-likeness (QED) is 0.677. The first-order valence-electron chi connectivity index (χ1n) is 6.49. The number of urea groups is 1. The van der Waals surface area contributed by atoms with Gasteiger partial charge in [-0.25, -0.2) is 4.79 Å². The maximum Gasteiger partial charge on any atom is 0.406 e. The number of rotatable bonds is 8. The number of halogens is 3. The molecule has 0 aliphatic heterocycles. The van der Waals surface area contributed by atoms with Gasteiger partial charge in [0, 0.05) is 6.04 Å². The lowest BCUT2D eigenvalue weighted by Crippen LogP contribution is -2.49. The van der Waals surface area contributed by atoms with E-state index in [1.165, 1.54) is 0 Å². The Morgan fingerprint density at radius 3 is 2.35 bits per heavy atom. The molecule has 5 nitrogen and oxygen atoms in total. The molecule has 0 aromatic heterocycles. The number of amides is 2. The molecule has 0 fully saturated rings. The van der Waals surface area contributed by atoms with Gasteiger partial charge >= 0.3 is 18.2 Å². The summed E-state index contributed by atoms with van der Waals surface area (Å²) in [7, 11) is 0. The lowest BCUT2D eigenvalue weighted by Gasteiger charge is -2.24. The topological polar surface area (TPSA) is 69.6 Å². The molecule has 0 radical (unpaired) electrons. The molecule has 2 amide bonds. The van der Waals surface area contributed by atoms with Crippen LogP contribution in [0.5, 0.6) is 0 Å². The molecule has 0 saturated carbocycles. The second-order valence-corrected chi connectivity index (χ2v) is 4.71. The van der Waals surface area contributed by atoms with Crippen LogP contribution in [0.25, 0.3) is 0 Å². The summed E-state index contributed by atoms with van der Waals surface area (Å²) >= 11 is 0. The van der Waals surface area contributed by atoms with Crippen molar-refractivity contribution in [1.29, 1.82) is 0 Å². The Hall–Kier alpha value is -1.47. The summed E-state index contributed by atoms with van der Waals surface area (Å²) in [6.45, 7) is 1.14. The van der Waals surface area contributed by atoms with Gasteiger partial charge in [0.05, 0.1) is 0 Å². The lowest BCUT2D eigenvalue weighted by molar-refractivity contribution is -0.149. The van der Waals surface area contributed by atoms with E-state index in [-0.39, 0.29) is 10.9 Å². The van der Waals surface area contributed by atoms with Crippen molar-refractivity contribution in [3.63, 3.8) is 0 Å². The summed E-state index contributed by atoms with van der Waals surface area (Å²) in [5, 5.41) is 10.9. The third-order valence-electron chi connectivity index (χ3n) is 2.59. The van der Waals surface area contributed by atoms with Crippen molar-refractivity contribution in [2.75, 3.05) is 13.1 Å². The Kier molecular flexibility index (Phi) is 8.02. The minimum absolute atomic E-state index is 0.249. The van der Waals surface area contributed by atoms with Gasteiger partial charge in [0.1, 0.15) is 13.1 Å². The summed E-state index contributed by atoms with van der Waals surface area (Å²) < 4.78 is 36.9. The number of carbonyl (C=O) groups excluding carboxylic acids is 1. The number of carboxylic acid groups (broad SMARTS) is 1. The van der Waals surface area contributed by atoms with Crippen molar-refractivity contribution >= 4 is 12.0 Å². The largest absolute Gasteiger partial charge is 0.480 e. The van der Waals surface area contributed by atoms with Crippen LogP contribution >= 0.6 is 0 Å². The van der Waals surface area contributed by atoms with Crippen LogP contribution in [0.2, 0.25) is 0 Å². The first kappa shape index (κ1) is 18.5. The molecule has 0 rings (SSSR count). The van der Waals surface area contributed by atoms with E-state index in [2.05, 4.69) is 5.32 Å². The molecular formula is C12H21F3N2O3. The summed E-state index contributed by atoms with van der Waals surface area (Å²) in [6, 6.07) is -1.30. The molecule has 0 bridgehead atoms. The van der Waals surface area contributed by atoms with Gasteiger partial charge in [0.2, 0.25) is 0 Å². The average Bonchev–Trinajstić information content (AvgIpc) is 2.25. The smallest absolute Gasteiger partial charge is 0.406 e. The Bertz CT molecular complexity index is 322. The molecule has 118 valence electrons. The van der Waals surface area contributed by atoms with E-state index in [1.54, 1.807) is 6.92 Å². The number of hydrogen-bond acceptors (Lipinski definition) is 2. The van der Waals surface area contributed by atoms with Gasteiger partial charge in [0.25, 0.3) is 0 Å². The molecule has 0 heterocycles. The van der Waals surface area contributed by atoms with E-state index in [9.17, 15) is 22.8 Å². The van der Waals surface area contributed by atoms with Crippen molar-refractivity contribution in [3.05, 3.63) is 0 Å². The lowest BCUT2D eigenvalue weighted by atomic mass is 10.1. The van der Waals surface area contributed by atoms with Crippen LogP contribution < -0.4 is 5.32 Å². The zero-order valence-corrected chi connectivity index (χ0v) is 11.7. The molecule has 1 unspecified atom stereocenters. The number of unbranched alkanes of at least 4 members (excludes halogenated alkanes) is 2. The van der Waals surface area contributed by atoms with Gasteiger partial charge in [-0.3, -0.25) is 4.79 Å². The first-order chi connectivity index (χ1) is 9.15. The van der Waals surface area contributed by atoms with Crippen LogP contribution in [0.15, 0.2) is 0 Å². The fourth-order valence-corrected chi connectivity index (χ4v) is 1.65. The van der Waals surface area contributed by atoms with Crippen molar-refractivity contribution in [2.24, 2.45) is 0 Å². The second-order valence-electron chi connectivity index (χ2n) is 4.71. The Morgan fingerprint density at radius 2 is 1.90 bits per heavy atom. The Balaban J connectivity index is 4.42. The number of carboxylic acids is 1. The van der Waals surface area contributed by atoms with Gasteiger partial charge in [-0.15, -0.1) is 0 Å². The molecule has 1 atom stereocenters. The Morgan fingerprint density at radius 1 is 1.30 bits per heavy atom. The number of alkyl halides is 3. The molecule has 0 aromatic rings. The molecule has 0 spiro atoms. The van der Waals surface area contributed by atoms with E-state index >= 15 is 0 Å². The highest BCUT2D eigenvalue weighted by atomic mass is 19.4. The number of nitrogens with one attached hydrogen (secondary N) is 1. The fraction of sp³-hybridized carbons (Fsp3) is 0.833. The summed E-state index contributed by atoms with van der Waals surface area (Å²) in [4.78, 5) is 22.4. The maximum atomic E-state index is 12.3. The average molecular weight is 298 g/mol. The van der Waals surface area contributed by atoms with Crippen LogP contribution in [0.3, 0.4) is 0 Å². The zero-order chi connectivity index (χ0) is 15.8. The van der Waals surface area contributed by atoms with Gasteiger partial charge in [0.15, 0.2) is 0 Å². The van der Waals surface area contributed by atoms with Crippen LogP contribution in [-0.4, -0.2) is 47.3 Å². The van der Waals surface area contributed by atoms with Crippen molar-refractivity contribution in [1.82, 2.24) is 10.2 Å². The van der Waals surface area contributed by atoms with Crippen LogP contribution in [0.1, 0.15) is 39.5 Å². The summed E-state index contributed by atoms with van der Waals surface area (Å²) in [6.07, 6.45) is -1.15. The molecular weight excluding hydrogens is 277 g/mol. The number of nitrogens with zero attached hydrogens (tertiary/aromatic N) is 1. The highest BCUT2D eigenvalue weighted by molar-refractivity contribution is 5.80. The normalized spacial score (nSPS) is 12.8. The number of carbonyl (C=O) groups is 2. The first-order valence-corrected chi connectivity index (χ1v) is 6.49. The molecule has 8 heteroatoms. The van der Waals surface area contributed by atoms with Crippen LogP contribution in [-0.2, 0) is 4.79 Å².